The Morgan fingerprint density at radius 1 is 1.17 bits per heavy atom. The van der Waals surface area contributed by atoms with Gasteiger partial charge in [0.2, 0.25) is 23.5 Å². The summed E-state index contributed by atoms with van der Waals surface area (Å²) in [5.74, 6) is 0.756. The fourth-order valence-corrected chi connectivity index (χ4v) is 2.85. The van der Waals surface area contributed by atoms with Gasteiger partial charge in [-0.25, -0.2) is 0 Å². The normalized spacial score (nSPS) is 14.2. The molecule has 1 aliphatic rings. The first-order valence-corrected chi connectivity index (χ1v) is 9.52. The van der Waals surface area contributed by atoms with Crippen molar-refractivity contribution in [3.05, 3.63) is 60.1 Å². The van der Waals surface area contributed by atoms with E-state index in [-0.39, 0.29) is 24.2 Å². The fourth-order valence-electron chi connectivity index (χ4n) is 2.85. The van der Waals surface area contributed by atoms with Gasteiger partial charge in [-0.2, -0.15) is 4.98 Å². The van der Waals surface area contributed by atoms with Crippen LogP contribution in [0.5, 0.6) is 0 Å². The van der Waals surface area contributed by atoms with Crippen LogP contribution in [0.15, 0.2) is 53.2 Å². The van der Waals surface area contributed by atoms with Crippen molar-refractivity contribution in [3.63, 3.8) is 0 Å². The van der Waals surface area contributed by atoms with Crippen LogP contribution in [-0.4, -0.2) is 26.9 Å². The predicted molar refractivity (Wildman–Crippen MR) is 106 cm³/mol. The number of carbonyl (C=O) groups excluding carboxylic acids is 2. The summed E-state index contributed by atoms with van der Waals surface area (Å²) in [5.41, 5.74) is 2.20. The molecule has 0 saturated heterocycles. The second kappa shape index (κ2) is 8.22. The second-order valence-corrected chi connectivity index (χ2v) is 7.10. The van der Waals surface area contributed by atoms with E-state index in [1.165, 1.54) is 0 Å². The molecule has 1 atom stereocenters. The number of anilines is 1. The number of rotatable bonds is 7. The molecule has 1 fully saturated rings. The Balaban J connectivity index is 1.31. The third kappa shape index (κ3) is 4.84. The maximum atomic E-state index is 12.4. The van der Waals surface area contributed by atoms with Crippen molar-refractivity contribution in [2.24, 2.45) is 5.92 Å². The van der Waals surface area contributed by atoms with E-state index in [0.29, 0.717) is 17.4 Å². The van der Waals surface area contributed by atoms with Crippen molar-refractivity contribution < 1.29 is 14.1 Å². The van der Waals surface area contributed by atoms with Gasteiger partial charge in [-0.1, -0.05) is 23.4 Å². The zero-order chi connectivity index (χ0) is 20.2. The van der Waals surface area contributed by atoms with Gasteiger partial charge in [0.05, 0.1) is 6.42 Å². The first-order chi connectivity index (χ1) is 14.1. The molecule has 2 amide bonds. The van der Waals surface area contributed by atoms with Gasteiger partial charge < -0.3 is 15.2 Å². The lowest BCUT2D eigenvalue weighted by molar-refractivity contribution is -0.121. The molecule has 29 heavy (non-hydrogen) atoms. The Labute approximate surface area is 167 Å². The van der Waals surface area contributed by atoms with Gasteiger partial charge in [0.15, 0.2) is 0 Å². The second-order valence-electron chi connectivity index (χ2n) is 7.10. The summed E-state index contributed by atoms with van der Waals surface area (Å²) < 4.78 is 5.25. The van der Waals surface area contributed by atoms with E-state index in [4.69, 9.17) is 4.52 Å². The van der Waals surface area contributed by atoms with Crippen molar-refractivity contribution in [2.45, 2.75) is 32.2 Å². The molecule has 1 aromatic carbocycles. The van der Waals surface area contributed by atoms with Crippen LogP contribution in [-0.2, 0) is 16.0 Å². The Hall–Kier alpha value is -3.55. The first kappa shape index (κ1) is 18.8. The van der Waals surface area contributed by atoms with E-state index < -0.39 is 6.04 Å². The molecule has 2 aromatic heterocycles. The van der Waals surface area contributed by atoms with Crippen LogP contribution in [0.2, 0.25) is 0 Å². The predicted octanol–water partition coefficient (Wildman–Crippen LogP) is 2.90. The molecule has 0 radical (unpaired) electrons. The number of nitrogens with zero attached hydrogens (tertiary/aromatic N) is 3. The highest BCUT2D eigenvalue weighted by Crippen LogP contribution is 2.30. The van der Waals surface area contributed by atoms with Gasteiger partial charge in [-0.05, 0) is 49.6 Å². The standard InChI is InChI=1S/C21H21N5O3/c1-13(21-25-19(26-29-21)17-4-2-3-11-22-17)23-18(27)12-14-5-9-16(10-6-14)24-20(28)15-7-8-15/h2-6,9-11,13,15H,7-8,12H2,1H3,(H,23,27)(H,24,28)/t13-/m0/s1. The lowest BCUT2D eigenvalue weighted by Crippen LogP contribution is -2.28. The molecule has 0 spiro atoms. The summed E-state index contributed by atoms with van der Waals surface area (Å²) >= 11 is 0. The van der Waals surface area contributed by atoms with Gasteiger partial charge in [0, 0.05) is 17.8 Å². The van der Waals surface area contributed by atoms with Crippen LogP contribution in [0.4, 0.5) is 5.69 Å². The number of amides is 2. The monoisotopic (exact) mass is 391 g/mol. The highest BCUT2D eigenvalue weighted by Gasteiger charge is 2.29. The smallest absolute Gasteiger partial charge is 0.249 e. The SMILES string of the molecule is C[C@H](NC(=O)Cc1ccc(NC(=O)C2CC2)cc1)c1nc(-c2ccccn2)no1. The Kier molecular flexibility index (Phi) is 5.33. The van der Waals surface area contributed by atoms with Gasteiger partial charge in [0.25, 0.3) is 0 Å². The summed E-state index contributed by atoms with van der Waals surface area (Å²) in [6.45, 7) is 1.78. The molecule has 2 N–H and O–H groups in total. The molecule has 8 heteroatoms. The molecular weight excluding hydrogens is 370 g/mol. The maximum Gasteiger partial charge on any atom is 0.249 e. The number of carbonyl (C=O) groups is 2. The largest absolute Gasteiger partial charge is 0.344 e. The third-order valence-corrected chi connectivity index (χ3v) is 4.62. The highest BCUT2D eigenvalue weighted by molar-refractivity contribution is 5.94. The first-order valence-electron chi connectivity index (χ1n) is 9.52. The number of pyridine rings is 1. The average molecular weight is 391 g/mol. The van der Waals surface area contributed by atoms with E-state index in [0.717, 1.165) is 24.1 Å². The number of hydrogen-bond donors (Lipinski definition) is 2. The quantitative estimate of drug-likeness (QED) is 0.641. The molecule has 8 nitrogen and oxygen atoms in total. The summed E-state index contributed by atoms with van der Waals surface area (Å²) in [6.07, 6.45) is 3.79. The minimum Gasteiger partial charge on any atom is -0.344 e. The minimum atomic E-state index is -0.426. The van der Waals surface area contributed by atoms with Gasteiger partial charge in [-0.3, -0.25) is 14.6 Å². The maximum absolute atomic E-state index is 12.4. The van der Waals surface area contributed by atoms with Crippen LogP contribution in [0.25, 0.3) is 11.5 Å². The van der Waals surface area contributed by atoms with Crippen molar-refractivity contribution in [1.82, 2.24) is 20.4 Å². The van der Waals surface area contributed by atoms with E-state index in [2.05, 4.69) is 25.8 Å². The molecule has 3 aromatic rings. The molecule has 0 unspecified atom stereocenters. The van der Waals surface area contributed by atoms with Gasteiger partial charge in [0.1, 0.15) is 11.7 Å². The topological polar surface area (TPSA) is 110 Å². The molecule has 1 saturated carbocycles. The number of hydrogen-bond acceptors (Lipinski definition) is 6. The minimum absolute atomic E-state index is 0.0638. The number of benzene rings is 1. The lowest BCUT2D eigenvalue weighted by Gasteiger charge is -2.10. The van der Waals surface area contributed by atoms with Gasteiger partial charge in [-0.15, -0.1) is 0 Å². The average Bonchev–Trinajstić information content (AvgIpc) is 3.46. The van der Waals surface area contributed by atoms with E-state index in [1.54, 1.807) is 25.3 Å². The highest BCUT2D eigenvalue weighted by atomic mass is 16.5. The van der Waals surface area contributed by atoms with Crippen LogP contribution in [0.3, 0.4) is 0 Å². The molecule has 0 bridgehead atoms. The van der Waals surface area contributed by atoms with Crippen LogP contribution in [0, 0.1) is 5.92 Å². The Morgan fingerprint density at radius 2 is 1.97 bits per heavy atom. The summed E-state index contributed by atoms with van der Waals surface area (Å²) in [7, 11) is 0. The Bertz CT molecular complexity index is 997. The van der Waals surface area contributed by atoms with Crippen LogP contribution >= 0.6 is 0 Å². The molecule has 0 aliphatic heterocycles. The molecule has 4 rings (SSSR count). The zero-order valence-electron chi connectivity index (χ0n) is 16.0. The number of aromatic nitrogens is 3. The van der Waals surface area contributed by atoms with E-state index in [9.17, 15) is 9.59 Å². The molecule has 148 valence electrons. The van der Waals surface area contributed by atoms with Crippen molar-refractivity contribution in [2.75, 3.05) is 5.32 Å². The molecule has 1 aliphatic carbocycles. The molecular formula is C21H21N5O3. The van der Waals surface area contributed by atoms with E-state index in [1.807, 2.05) is 30.3 Å². The number of nitrogens with one attached hydrogen (secondary N) is 2. The summed E-state index contributed by atoms with van der Waals surface area (Å²) in [6, 6.07) is 12.3. The summed E-state index contributed by atoms with van der Waals surface area (Å²) in [5, 5.41) is 9.65. The van der Waals surface area contributed by atoms with E-state index >= 15 is 0 Å². The van der Waals surface area contributed by atoms with Crippen molar-refractivity contribution >= 4 is 17.5 Å². The van der Waals surface area contributed by atoms with Crippen molar-refractivity contribution in [3.8, 4) is 11.5 Å². The van der Waals surface area contributed by atoms with Crippen LogP contribution in [0.1, 0.15) is 37.3 Å². The molecule has 2 heterocycles. The fraction of sp³-hybridized carbons (Fsp3) is 0.286. The third-order valence-electron chi connectivity index (χ3n) is 4.62. The summed E-state index contributed by atoms with van der Waals surface area (Å²) in [4.78, 5) is 32.6. The Morgan fingerprint density at radius 3 is 2.66 bits per heavy atom. The van der Waals surface area contributed by atoms with Crippen molar-refractivity contribution in [1.29, 1.82) is 0 Å². The van der Waals surface area contributed by atoms with Gasteiger partial charge >= 0.3 is 0 Å². The lowest BCUT2D eigenvalue weighted by atomic mass is 10.1. The van der Waals surface area contributed by atoms with Crippen LogP contribution < -0.4 is 10.6 Å². The zero-order valence-corrected chi connectivity index (χ0v) is 16.0.